The van der Waals surface area contributed by atoms with E-state index in [2.05, 4.69) is 19.7 Å². The van der Waals surface area contributed by atoms with Crippen molar-refractivity contribution >= 4 is 45.7 Å². The van der Waals surface area contributed by atoms with Crippen LogP contribution >= 0.6 is 0 Å². The van der Waals surface area contributed by atoms with Crippen LogP contribution in [0.1, 0.15) is 16.8 Å². The maximum Gasteiger partial charge on any atom is 0.333 e. The number of aromatic hydroxyl groups is 1. The topological polar surface area (TPSA) is 192 Å². The van der Waals surface area contributed by atoms with Gasteiger partial charge in [-0.15, -0.1) is 0 Å². The smallest absolute Gasteiger partial charge is 0.333 e. The highest BCUT2D eigenvalue weighted by Crippen LogP contribution is 2.20. The summed E-state index contributed by atoms with van der Waals surface area (Å²) < 4.78 is 29.7. The molecule has 0 atom stereocenters. The molecule has 14 nitrogen and oxygen atoms in total. The van der Waals surface area contributed by atoms with E-state index in [9.17, 15) is 33.2 Å². The molecule has 0 aliphatic carbocycles. The van der Waals surface area contributed by atoms with E-state index < -0.39 is 32.1 Å². The van der Waals surface area contributed by atoms with Crippen LogP contribution in [0.15, 0.2) is 80.3 Å². The summed E-state index contributed by atoms with van der Waals surface area (Å²) in [6.45, 7) is 0. The summed E-state index contributed by atoms with van der Waals surface area (Å²) in [5.41, 5.74) is -0.520. The largest absolute Gasteiger partial charge is 0.494 e. The third kappa shape index (κ3) is 5.99. The van der Waals surface area contributed by atoms with Crippen molar-refractivity contribution < 1.29 is 18.4 Å². The third-order valence-corrected chi connectivity index (χ3v) is 6.93. The molecular weight excluding hydrogens is 542 g/mol. The lowest BCUT2D eigenvalue weighted by Gasteiger charge is -2.08. The van der Waals surface area contributed by atoms with E-state index in [0.717, 1.165) is 15.3 Å². The molecule has 4 rings (SSSR count). The summed E-state index contributed by atoms with van der Waals surface area (Å²) in [5.74, 6) is -0.744. The van der Waals surface area contributed by atoms with E-state index >= 15 is 0 Å². The normalized spacial score (nSPS) is 11.8. The molecule has 15 heteroatoms. The molecule has 0 radical (unpaired) electrons. The molecule has 40 heavy (non-hydrogen) atoms. The van der Waals surface area contributed by atoms with Crippen molar-refractivity contribution in [1.29, 1.82) is 0 Å². The van der Waals surface area contributed by atoms with Crippen molar-refractivity contribution in [3.8, 4) is 5.88 Å². The first-order valence-electron chi connectivity index (χ1n) is 11.4. The van der Waals surface area contributed by atoms with Crippen molar-refractivity contribution in [2.75, 3.05) is 4.72 Å². The van der Waals surface area contributed by atoms with Crippen LogP contribution in [0.5, 0.6) is 5.88 Å². The molecule has 2 heterocycles. The molecule has 0 bridgehead atoms. The molecule has 0 saturated heterocycles. The molecule has 0 aliphatic rings. The summed E-state index contributed by atoms with van der Waals surface area (Å²) >= 11 is 0. The van der Waals surface area contributed by atoms with E-state index in [0.29, 0.717) is 11.3 Å². The second-order valence-corrected chi connectivity index (χ2v) is 9.97. The average molecular weight is 564 g/mol. The van der Waals surface area contributed by atoms with Gasteiger partial charge >= 0.3 is 5.69 Å². The molecule has 204 valence electrons. The molecule has 0 fully saturated rings. The van der Waals surface area contributed by atoms with Gasteiger partial charge in [0.1, 0.15) is 5.56 Å². The van der Waals surface area contributed by atoms with Gasteiger partial charge in [0, 0.05) is 38.6 Å². The SMILES string of the molecule is Cn1c(O)c(C=Nc2ccc(S(=O)(=O)Nc3nccc(/C=C/c4cccc([N+](=O)[O-])c4)n3)cc2)c(=O)n(C)c1=O. The number of nitrogens with zero attached hydrogens (tertiary/aromatic N) is 6. The number of nitrogens with one attached hydrogen (secondary N) is 1. The van der Waals surface area contributed by atoms with Crippen molar-refractivity contribution in [1.82, 2.24) is 19.1 Å². The Morgan fingerprint density at radius 3 is 2.48 bits per heavy atom. The number of benzene rings is 2. The van der Waals surface area contributed by atoms with Gasteiger partial charge in [0.2, 0.25) is 11.8 Å². The van der Waals surface area contributed by atoms with Gasteiger partial charge in [0.05, 0.1) is 21.2 Å². The van der Waals surface area contributed by atoms with Crippen LogP contribution in [-0.4, -0.2) is 43.8 Å². The van der Waals surface area contributed by atoms with Gasteiger partial charge in [0.25, 0.3) is 21.3 Å². The number of anilines is 1. The van der Waals surface area contributed by atoms with Gasteiger partial charge in [-0.05, 0) is 42.0 Å². The summed E-state index contributed by atoms with van der Waals surface area (Å²) in [6, 6.07) is 12.8. The van der Waals surface area contributed by atoms with Gasteiger partial charge in [-0.2, -0.15) is 0 Å². The van der Waals surface area contributed by atoms with Crippen molar-refractivity contribution in [2.45, 2.75) is 4.90 Å². The number of aromatic nitrogens is 4. The molecule has 0 spiro atoms. The molecule has 4 aromatic rings. The van der Waals surface area contributed by atoms with Gasteiger partial charge in [0.15, 0.2) is 0 Å². The monoisotopic (exact) mass is 563 g/mol. The Labute approximate surface area is 226 Å². The predicted molar refractivity (Wildman–Crippen MR) is 147 cm³/mol. The van der Waals surface area contributed by atoms with Gasteiger partial charge in [-0.25, -0.2) is 27.9 Å². The van der Waals surface area contributed by atoms with Crippen LogP contribution in [0.2, 0.25) is 0 Å². The van der Waals surface area contributed by atoms with Crippen molar-refractivity contribution in [3.63, 3.8) is 0 Å². The lowest BCUT2D eigenvalue weighted by molar-refractivity contribution is -0.384. The summed E-state index contributed by atoms with van der Waals surface area (Å²) in [7, 11) is -1.52. The Bertz CT molecular complexity index is 1890. The molecule has 0 amide bonds. The van der Waals surface area contributed by atoms with E-state index in [4.69, 9.17) is 0 Å². The van der Waals surface area contributed by atoms with Gasteiger partial charge in [-0.1, -0.05) is 18.2 Å². The van der Waals surface area contributed by atoms with E-state index in [1.165, 1.54) is 62.8 Å². The fourth-order valence-corrected chi connectivity index (χ4v) is 4.39. The number of aliphatic imine (C=N–C) groups is 1. The third-order valence-electron chi connectivity index (χ3n) is 5.59. The fraction of sp³-hybridized carbons (Fsp3) is 0.0800. The minimum Gasteiger partial charge on any atom is -0.494 e. The molecule has 2 aromatic heterocycles. The maximum atomic E-state index is 12.9. The molecular formula is C25H21N7O7S. The minimum absolute atomic E-state index is 0.0654. The Hall–Kier alpha value is -5.44. The fourth-order valence-electron chi connectivity index (χ4n) is 3.44. The van der Waals surface area contributed by atoms with Gasteiger partial charge < -0.3 is 5.11 Å². The maximum absolute atomic E-state index is 12.9. The minimum atomic E-state index is -4.08. The Morgan fingerprint density at radius 1 is 1.05 bits per heavy atom. The lowest BCUT2D eigenvalue weighted by atomic mass is 10.2. The number of hydrogen-bond acceptors (Lipinski definition) is 10. The predicted octanol–water partition coefficient (Wildman–Crippen LogP) is 2.21. The standard InChI is InChI=1S/C25H21N7O7S/c1-30-22(33)21(23(34)31(2)25(30)35)15-27-17-8-10-20(11-9-17)40(38,39)29-24-26-13-12-18(28-24)7-6-16-4-3-5-19(14-16)32(36)37/h3-15,33H,1-2H3,(H,26,28,29)/b7-6+,27-15?. The summed E-state index contributed by atoms with van der Waals surface area (Å²) in [6.07, 6.45) is 5.59. The van der Waals surface area contributed by atoms with Crippen LogP contribution < -0.4 is 16.0 Å². The lowest BCUT2D eigenvalue weighted by Crippen LogP contribution is -2.38. The van der Waals surface area contributed by atoms with Crippen LogP contribution in [0.25, 0.3) is 12.2 Å². The zero-order chi connectivity index (χ0) is 29.0. The number of non-ortho nitro benzene ring substituents is 1. The van der Waals surface area contributed by atoms with Crippen LogP contribution in [-0.2, 0) is 24.1 Å². The van der Waals surface area contributed by atoms with Crippen molar-refractivity contribution in [3.05, 3.63) is 109 Å². The average Bonchev–Trinajstić information content (AvgIpc) is 2.94. The number of hydrogen-bond donors (Lipinski definition) is 2. The van der Waals surface area contributed by atoms with Crippen LogP contribution in [0.4, 0.5) is 17.3 Å². The second kappa shape index (κ2) is 11.1. The Balaban J connectivity index is 1.50. The zero-order valence-electron chi connectivity index (χ0n) is 21.0. The highest BCUT2D eigenvalue weighted by atomic mass is 32.2. The summed E-state index contributed by atoms with van der Waals surface area (Å²) in [5, 5.41) is 21.1. The molecule has 2 N–H and O–H groups in total. The second-order valence-electron chi connectivity index (χ2n) is 8.29. The number of sulfonamides is 1. The first kappa shape index (κ1) is 27.6. The molecule has 0 unspecified atom stereocenters. The van der Waals surface area contributed by atoms with Crippen molar-refractivity contribution in [2.24, 2.45) is 19.1 Å². The van der Waals surface area contributed by atoms with Gasteiger partial charge in [-0.3, -0.25) is 29.0 Å². The number of nitro groups is 1. The van der Waals surface area contributed by atoms with E-state index in [1.54, 1.807) is 24.3 Å². The first-order chi connectivity index (χ1) is 19.0. The van der Waals surface area contributed by atoms with E-state index in [1.807, 2.05) is 0 Å². The molecule has 0 saturated carbocycles. The van der Waals surface area contributed by atoms with Crippen LogP contribution in [0, 0.1) is 10.1 Å². The molecule has 0 aliphatic heterocycles. The highest BCUT2D eigenvalue weighted by molar-refractivity contribution is 7.92. The van der Waals surface area contributed by atoms with Crippen LogP contribution in [0.3, 0.4) is 0 Å². The zero-order valence-corrected chi connectivity index (χ0v) is 21.8. The number of rotatable bonds is 8. The summed E-state index contributed by atoms with van der Waals surface area (Å²) in [4.78, 5) is 46.7. The van der Waals surface area contributed by atoms with E-state index in [-0.39, 0.29) is 27.8 Å². The number of nitro benzene ring substituents is 1. The first-order valence-corrected chi connectivity index (χ1v) is 12.9. The molecule has 2 aromatic carbocycles. The Morgan fingerprint density at radius 2 is 1.77 bits per heavy atom. The Kier molecular flexibility index (Phi) is 7.67. The quantitative estimate of drug-likeness (QED) is 0.184. The highest BCUT2D eigenvalue weighted by Gasteiger charge is 2.16.